The second-order valence-electron chi connectivity index (χ2n) is 6.14. The molecule has 1 heterocycles. The van der Waals surface area contributed by atoms with Crippen LogP contribution in [-0.2, 0) is 0 Å². The molecule has 2 nitrogen and oxygen atoms in total. The van der Waals surface area contributed by atoms with Crippen molar-refractivity contribution in [2.24, 2.45) is 11.1 Å². The van der Waals surface area contributed by atoms with E-state index in [1.54, 1.807) is 6.07 Å². The van der Waals surface area contributed by atoms with E-state index in [0.717, 1.165) is 24.3 Å². The van der Waals surface area contributed by atoms with Crippen LogP contribution in [0.5, 0.6) is 0 Å². The van der Waals surface area contributed by atoms with E-state index in [-0.39, 0.29) is 11.9 Å². The minimum absolute atomic E-state index is 0.134. The highest BCUT2D eigenvalue weighted by atomic mass is 19.1. The van der Waals surface area contributed by atoms with Gasteiger partial charge in [-0.25, -0.2) is 4.39 Å². The molecule has 0 radical (unpaired) electrons. The maximum absolute atomic E-state index is 13.3. The van der Waals surface area contributed by atoms with E-state index in [9.17, 15) is 4.39 Å². The fourth-order valence-corrected chi connectivity index (χ4v) is 2.53. The van der Waals surface area contributed by atoms with Gasteiger partial charge in [-0.2, -0.15) is 0 Å². The standard InChI is InChI=1S/C15H23FN2/c1-11(17)13-10-12(16)4-5-14(13)18-8-6-15(2,3)7-9-18/h4-5,10-11H,6-9,17H2,1-3H3/t11-/m0/s1. The Labute approximate surface area is 109 Å². The lowest BCUT2D eigenvalue weighted by Gasteiger charge is -2.39. The van der Waals surface area contributed by atoms with Gasteiger partial charge in [-0.05, 0) is 48.9 Å². The van der Waals surface area contributed by atoms with E-state index in [1.807, 2.05) is 13.0 Å². The summed E-state index contributed by atoms with van der Waals surface area (Å²) >= 11 is 0. The average molecular weight is 250 g/mol. The number of nitrogens with two attached hydrogens (primary N) is 1. The Morgan fingerprint density at radius 2 is 1.89 bits per heavy atom. The van der Waals surface area contributed by atoms with Crippen LogP contribution in [0.15, 0.2) is 18.2 Å². The number of nitrogens with zero attached hydrogens (tertiary/aromatic N) is 1. The van der Waals surface area contributed by atoms with Gasteiger partial charge in [0, 0.05) is 24.8 Å². The Balaban J connectivity index is 2.24. The molecule has 18 heavy (non-hydrogen) atoms. The molecule has 1 aromatic carbocycles. The molecule has 1 fully saturated rings. The summed E-state index contributed by atoms with van der Waals surface area (Å²) < 4.78 is 13.3. The third-order valence-electron chi connectivity index (χ3n) is 3.94. The number of rotatable bonds is 2. The SMILES string of the molecule is C[C@H](N)c1cc(F)ccc1N1CCC(C)(C)CC1. The lowest BCUT2D eigenvalue weighted by molar-refractivity contribution is 0.279. The Morgan fingerprint density at radius 1 is 1.28 bits per heavy atom. The second kappa shape index (κ2) is 4.88. The quantitative estimate of drug-likeness (QED) is 0.870. The first-order valence-corrected chi connectivity index (χ1v) is 6.69. The molecule has 0 aliphatic carbocycles. The van der Waals surface area contributed by atoms with Gasteiger partial charge in [0.1, 0.15) is 5.82 Å². The van der Waals surface area contributed by atoms with Gasteiger partial charge in [0.25, 0.3) is 0 Å². The molecule has 1 saturated heterocycles. The number of anilines is 1. The van der Waals surface area contributed by atoms with E-state index in [4.69, 9.17) is 5.73 Å². The molecule has 1 atom stereocenters. The summed E-state index contributed by atoms with van der Waals surface area (Å²) in [5, 5.41) is 0. The Morgan fingerprint density at radius 3 is 2.44 bits per heavy atom. The molecule has 0 amide bonds. The summed E-state index contributed by atoms with van der Waals surface area (Å²) in [5.74, 6) is -0.205. The highest BCUT2D eigenvalue weighted by molar-refractivity contribution is 5.55. The van der Waals surface area contributed by atoms with Crippen molar-refractivity contribution in [1.29, 1.82) is 0 Å². The van der Waals surface area contributed by atoms with Gasteiger partial charge in [-0.3, -0.25) is 0 Å². The van der Waals surface area contributed by atoms with Crippen molar-refractivity contribution < 1.29 is 4.39 Å². The van der Waals surface area contributed by atoms with Crippen LogP contribution in [0.2, 0.25) is 0 Å². The molecular weight excluding hydrogens is 227 g/mol. The molecule has 0 saturated carbocycles. The lowest BCUT2D eigenvalue weighted by atomic mass is 9.82. The van der Waals surface area contributed by atoms with Crippen molar-refractivity contribution in [3.63, 3.8) is 0 Å². The predicted molar refractivity (Wildman–Crippen MR) is 74.2 cm³/mol. The molecule has 100 valence electrons. The van der Waals surface area contributed by atoms with E-state index in [1.165, 1.54) is 18.9 Å². The van der Waals surface area contributed by atoms with Crippen molar-refractivity contribution in [3.8, 4) is 0 Å². The second-order valence-corrected chi connectivity index (χ2v) is 6.14. The van der Waals surface area contributed by atoms with E-state index in [2.05, 4.69) is 18.7 Å². The normalized spacial score (nSPS) is 20.8. The lowest BCUT2D eigenvalue weighted by Crippen LogP contribution is -2.38. The predicted octanol–water partition coefficient (Wildman–Crippen LogP) is 3.47. The van der Waals surface area contributed by atoms with Crippen LogP contribution < -0.4 is 10.6 Å². The maximum Gasteiger partial charge on any atom is 0.123 e. The summed E-state index contributed by atoms with van der Waals surface area (Å²) in [6.45, 7) is 8.58. The fourth-order valence-electron chi connectivity index (χ4n) is 2.53. The third-order valence-corrected chi connectivity index (χ3v) is 3.94. The van der Waals surface area contributed by atoms with Crippen molar-refractivity contribution in [1.82, 2.24) is 0 Å². The van der Waals surface area contributed by atoms with E-state index >= 15 is 0 Å². The van der Waals surface area contributed by atoms with Crippen LogP contribution in [0, 0.1) is 11.2 Å². The molecule has 0 bridgehead atoms. The van der Waals surface area contributed by atoms with Gasteiger partial charge in [0.2, 0.25) is 0 Å². The first-order chi connectivity index (χ1) is 8.39. The van der Waals surface area contributed by atoms with Crippen LogP contribution in [0.4, 0.5) is 10.1 Å². The first kappa shape index (κ1) is 13.3. The van der Waals surface area contributed by atoms with Gasteiger partial charge in [0.15, 0.2) is 0 Å². The number of piperidine rings is 1. The minimum Gasteiger partial charge on any atom is -0.371 e. The van der Waals surface area contributed by atoms with Crippen molar-refractivity contribution in [2.75, 3.05) is 18.0 Å². The Bertz CT molecular complexity index is 417. The topological polar surface area (TPSA) is 29.3 Å². The zero-order valence-electron chi connectivity index (χ0n) is 11.5. The number of hydrogen-bond donors (Lipinski definition) is 1. The van der Waals surface area contributed by atoms with Gasteiger partial charge < -0.3 is 10.6 Å². The molecule has 2 N–H and O–H groups in total. The van der Waals surface area contributed by atoms with Gasteiger partial charge >= 0.3 is 0 Å². The molecule has 0 aromatic heterocycles. The average Bonchev–Trinajstić information content (AvgIpc) is 2.29. The van der Waals surface area contributed by atoms with Crippen LogP contribution >= 0.6 is 0 Å². The summed E-state index contributed by atoms with van der Waals surface area (Å²) in [7, 11) is 0. The van der Waals surface area contributed by atoms with Crippen molar-refractivity contribution in [3.05, 3.63) is 29.6 Å². The Kier molecular flexibility index (Phi) is 3.62. The summed E-state index contributed by atoms with van der Waals surface area (Å²) in [4.78, 5) is 2.34. The smallest absolute Gasteiger partial charge is 0.123 e. The zero-order valence-corrected chi connectivity index (χ0v) is 11.5. The fraction of sp³-hybridized carbons (Fsp3) is 0.600. The minimum atomic E-state index is -0.205. The summed E-state index contributed by atoms with van der Waals surface area (Å²) in [6.07, 6.45) is 2.34. The Hall–Kier alpha value is -1.09. The molecule has 1 aliphatic rings. The van der Waals surface area contributed by atoms with E-state index in [0.29, 0.717) is 5.41 Å². The van der Waals surface area contributed by atoms with Crippen LogP contribution in [0.25, 0.3) is 0 Å². The number of benzene rings is 1. The van der Waals surface area contributed by atoms with E-state index < -0.39 is 0 Å². The summed E-state index contributed by atoms with van der Waals surface area (Å²) in [5.41, 5.74) is 8.38. The largest absolute Gasteiger partial charge is 0.371 e. The monoisotopic (exact) mass is 250 g/mol. The third kappa shape index (κ3) is 2.83. The highest BCUT2D eigenvalue weighted by Crippen LogP contribution is 2.34. The van der Waals surface area contributed by atoms with Gasteiger partial charge in [-0.15, -0.1) is 0 Å². The highest BCUT2D eigenvalue weighted by Gasteiger charge is 2.26. The molecular formula is C15H23FN2. The van der Waals surface area contributed by atoms with Gasteiger partial charge in [-0.1, -0.05) is 13.8 Å². The first-order valence-electron chi connectivity index (χ1n) is 6.69. The van der Waals surface area contributed by atoms with Crippen LogP contribution in [-0.4, -0.2) is 13.1 Å². The molecule has 1 aromatic rings. The van der Waals surface area contributed by atoms with Crippen molar-refractivity contribution >= 4 is 5.69 Å². The van der Waals surface area contributed by atoms with Crippen LogP contribution in [0.1, 0.15) is 45.2 Å². The molecule has 2 rings (SSSR count). The van der Waals surface area contributed by atoms with Crippen molar-refractivity contribution in [2.45, 2.75) is 39.7 Å². The molecule has 0 spiro atoms. The zero-order chi connectivity index (χ0) is 13.3. The molecule has 1 aliphatic heterocycles. The van der Waals surface area contributed by atoms with Crippen LogP contribution in [0.3, 0.4) is 0 Å². The molecule has 3 heteroatoms. The number of hydrogen-bond acceptors (Lipinski definition) is 2. The number of halogens is 1. The molecule has 0 unspecified atom stereocenters. The maximum atomic E-state index is 13.3. The van der Waals surface area contributed by atoms with Gasteiger partial charge in [0.05, 0.1) is 0 Å². The summed E-state index contributed by atoms with van der Waals surface area (Å²) in [6, 6.07) is 4.83.